The first-order valence-electron chi connectivity index (χ1n) is 10.8. The van der Waals surface area contributed by atoms with Gasteiger partial charge in [-0.25, -0.2) is 4.79 Å². The highest BCUT2D eigenvalue weighted by Crippen LogP contribution is 2.36. The number of rotatable bonds is 4. The van der Waals surface area contributed by atoms with Crippen molar-refractivity contribution in [2.24, 2.45) is 5.73 Å². The highest BCUT2D eigenvalue weighted by molar-refractivity contribution is 5.68. The van der Waals surface area contributed by atoms with Gasteiger partial charge in [0, 0.05) is 57.5 Å². The Hall–Kier alpha value is -2.21. The van der Waals surface area contributed by atoms with Crippen molar-refractivity contribution in [2.75, 3.05) is 44.2 Å². The van der Waals surface area contributed by atoms with E-state index in [1.807, 2.05) is 30.0 Å². The Kier molecular flexibility index (Phi) is 7.67. The van der Waals surface area contributed by atoms with Crippen LogP contribution in [0.3, 0.4) is 0 Å². The van der Waals surface area contributed by atoms with Gasteiger partial charge in [-0.15, -0.1) is 0 Å². The lowest BCUT2D eigenvalue weighted by molar-refractivity contribution is -0.308. The van der Waals surface area contributed by atoms with E-state index in [9.17, 15) is 31.1 Å². The van der Waals surface area contributed by atoms with Gasteiger partial charge in [-0.05, 0) is 30.9 Å². The van der Waals surface area contributed by atoms with Crippen molar-refractivity contribution >= 4 is 11.8 Å². The van der Waals surface area contributed by atoms with Crippen molar-refractivity contribution in [2.45, 2.75) is 50.8 Å². The van der Waals surface area contributed by atoms with Crippen molar-refractivity contribution in [3.05, 3.63) is 29.3 Å². The number of hydrogen-bond donors (Lipinski definition) is 1. The molecule has 0 saturated carbocycles. The second-order valence-corrected chi connectivity index (χ2v) is 8.52. The molecule has 6 nitrogen and oxygen atoms in total. The molecule has 1 aromatic carbocycles. The number of carbonyl (C=O) groups excluding carboxylic acids is 1. The fourth-order valence-corrected chi connectivity index (χ4v) is 4.25. The Labute approximate surface area is 188 Å². The maximum absolute atomic E-state index is 12.7. The van der Waals surface area contributed by atoms with Crippen molar-refractivity contribution in [3.8, 4) is 0 Å². The van der Waals surface area contributed by atoms with E-state index in [0.717, 1.165) is 47.6 Å². The first-order chi connectivity index (χ1) is 15.4. The molecule has 1 amide bonds. The summed E-state index contributed by atoms with van der Waals surface area (Å²) in [7, 11) is 0. The number of piperazine rings is 1. The van der Waals surface area contributed by atoms with E-state index >= 15 is 0 Å². The lowest BCUT2D eigenvalue weighted by atomic mass is 10.0. The number of hydrogen-bond acceptors (Lipinski definition) is 5. The molecule has 2 aliphatic heterocycles. The Bertz CT molecular complexity index is 802. The minimum absolute atomic E-state index is 0.0268. The number of halogens is 6. The predicted molar refractivity (Wildman–Crippen MR) is 110 cm³/mol. The normalized spacial score (nSPS) is 19.3. The fraction of sp³-hybridized carbons (Fsp3) is 0.667. The van der Waals surface area contributed by atoms with Gasteiger partial charge in [0.25, 0.3) is 6.10 Å². The van der Waals surface area contributed by atoms with Crippen LogP contribution in [0.1, 0.15) is 24.0 Å². The summed E-state index contributed by atoms with van der Waals surface area (Å²) in [5, 5.41) is 0. The van der Waals surface area contributed by atoms with Gasteiger partial charge in [-0.2, -0.15) is 26.3 Å². The van der Waals surface area contributed by atoms with Crippen LogP contribution in [-0.2, 0) is 11.3 Å². The summed E-state index contributed by atoms with van der Waals surface area (Å²) in [6, 6.07) is 6.18. The van der Waals surface area contributed by atoms with E-state index in [2.05, 4.69) is 9.64 Å². The lowest BCUT2D eigenvalue weighted by Crippen LogP contribution is -2.52. The van der Waals surface area contributed by atoms with E-state index in [1.165, 1.54) is 0 Å². The third kappa shape index (κ3) is 6.44. The zero-order chi connectivity index (χ0) is 24.4. The van der Waals surface area contributed by atoms with Gasteiger partial charge in [0.1, 0.15) is 0 Å². The van der Waals surface area contributed by atoms with Gasteiger partial charge in [-0.3, -0.25) is 4.90 Å². The second-order valence-electron chi connectivity index (χ2n) is 8.52. The SMILES string of the molecule is Cc1cccc(CN2CCN(C(=O)OC(C(F)(F)F)C(F)(F)F)CC2)c1N1CCC(N)CC1. The first-order valence-corrected chi connectivity index (χ1v) is 10.8. The number of nitrogens with two attached hydrogens (primary N) is 1. The maximum Gasteiger partial charge on any atom is 0.434 e. The molecule has 3 rings (SSSR count). The van der Waals surface area contributed by atoms with Crippen molar-refractivity contribution in [3.63, 3.8) is 0 Å². The minimum Gasteiger partial charge on any atom is -0.426 e. The minimum atomic E-state index is -5.73. The number of aryl methyl sites for hydroxylation is 1. The number of nitrogens with zero attached hydrogens (tertiary/aromatic N) is 3. The van der Waals surface area contributed by atoms with Crippen LogP contribution in [0.2, 0.25) is 0 Å². The summed E-state index contributed by atoms with van der Waals surface area (Å²) in [5.74, 6) is 0. The summed E-state index contributed by atoms with van der Waals surface area (Å²) in [6.45, 7) is 4.82. The van der Waals surface area contributed by atoms with Crippen molar-refractivity contribution in [1.29, 1.82) is 0 Å². The van der Waals surface area contributed by atoms with Crippen LogP contribution < -0.4 is 10.6 Å². The number of ether oxygens (including phenoxy) is 1. The molecule has 0 atom stereocenters. The molecule has 2 aliphatic rings. The van der Waals surface area contributed by atoms with Crippen molar-refractivity contribution < 1.29 is 35.9 Å². The van der Waals surface area contributed by atoms with Gasteiger partial charge >= 0.3 is 18.4 Å². The third-order valence-corrected chi connectivity index (χ3v) is 6.01. The molecule has 12 heteroatoms. The molecule has 2 fully saturated rings. The average molecular weight is 482 g/mol. The fourth-order valence-electron chi connectivity index (χ4n) is 4.25. The summed E-state index contributed by atoms with van der Waals surface area (Å²) in [4.78, 5) is 17.2. The molecule has 186 valence electrons. The van der Waals surface area contributed by atoms with E-state index in [0.29, 0.717) is 19.6 Å². The molecule has 0 unspecified atom stereocenters. The maximum atomic E-state index is 12.7. The monoisotopic (exact) mass is 482 g/mol. The van der Waals surface area contributed by atoms with Crippen LogP contribution in [0.4, 0.5) is 36.8 Å². The Balaban J connectivity index is 1.60. The smallest absolute Gasteiger partial charge is 0.426 e. The molecule has 0 aromatic heterocycles. The number of anilines is 1. The van der Waals surface area contributed by atoms with Crippen LogP contribution in [-0.4, -0.2) is 79.7 Å². The number of para-hydroxylation sites is 1. The molecule has 0 bridgehead atoms. The standard InChI is InChI=1S/C21H28F6N4O2/c1-14-3-2-4-15(17(14)30-7-5-16(28)6-8-30)13-29-9-11-31(12-10-29)19(32)33-18(20(22,23)24)21(25,26)27/h2-4,16,18H,5-13,28H2,1H3. The van der Waals surface area contributed by atoms with E-state index < -0.39 is 24.5 Å². The van der Waals surface area contributed by atoms with Crippen LogP contribution in [0, 0.1) is 6.92 Å². The van der Waals surface area contributed by atoms with Crippen molar-refractivity contribution in [1.82, 2.24) is 9.80 Å². The molecule has 2 heterocycles. The highest BCUT2D eigenvalue weighted by atomic mass is 19.4. The number of alkyl halides is 6. The molecule has 1 aromatic rings. The van der Waals surface area contributed by atoms with Crippen LogP contribution >= 0.6 is 0 Å². The first kappa shape index (κ1) is 25.4. The van der Waals surface area contributed by atoms with E-state index in [-0.39, 0.29) is 19.1 Å². The van der Waals surface area contributed by atoms with E-state index in [1.54, 1.807) is 0 Å². The average Bonchev–Trinajstić information content (AvgIpc) is 2.72. The predicted octanol–water partition coefficient (Wildman–Crippen LogP) is 3.67. The van der Waals surface area contributed by atoms with Crippen LogP contribution in [0.25, 0.3) is 0 Å². The van der Waals surface area contributed by atoms with Gasteiger partial charge in [0.2, 0.25) is 0 Å². The third-order valence-electron chi connectivity index (χ3n) is 6.01. The van der Waals surface area contributed by atoms with Gasteiger partial charge < -0.3 is 20.3 Å². The largest absolute Gasteiger partial charge is 0.434 e. The Morgan fingerprint density at radius 3 is 2.15 bits per heavy atom. The molecule has 0 spiro atoms. The summed E-state index contributed by atoms with van der Waals surface area (Å²) < 4.78 is 79.7. The van der Waals surface area contributed by atoms with E-state index in [4.69, 9.17) is 5.73 Å². The molecule has 33 heavy (non-hydrogen) atoms. The summed E-state index contributed by atoms with van der Waals surface area (Å²) >= 11 is 0. The molecule has 0 aliphatic carbocycles. The molecular formula is C21H28F6N4O2. The van der Waals surface area contributed by atoms with Crippen LogP contribution in [0.5, 0.6) is 0 Å². The highest BCUT2D eigenvalue weighted by Gasteiger charge is 2.60. The zero-order valence-electron chi connectivity index (χ0n) is 18.3. The zero-order valence-corrected chi connectivity index (χ0v) is 18.3. The Morgan fingerprint density at radius 2 is 1.61 bits per heavy atom. The quantitative estimate of drug-likeness (QED) is 0.664. The number of benzene rings is 1. The number of carbonyl (C=O) groups is 1. The second kappa shape index (κ2) is 9.96. The van der Waals surface area contributed by atoms with Crippen LogP contribution in [0.15, 0.2) is 18.2 Å². The van der Waals surface area contributed by atoms with Gasteiger partial charge in [0.05, 0.1) is 0 Å². The Morgan fingerprint density at radius 1 is 1.03 bits per heavy atom. The summed E-state index contributed by atoms with van der Waals surface area (Å²) in [6.07, 6.45) is -15.4. The number of amides is 1. The summed E-state index contributed by atoms with van der Waals surface area (Å²) in [5.41, 5.74) is 9.34. The lowest BCUT2D eigenvalue weighted by Gasteiger charge is -2.37. The van der Waals surface area contributed by atoms with Gasteiger partial charge in [-0.1, -0.05) is 18.2 Å². The molecule has 0 radical (unpaired) electrons. The number of piperidine rings is 1. The van der Waals surface area contributed by atoms with Gasteiger partial charge in [0.15, 0.2) is 0 Å². The molecular weight excluding hydrogens is 454 g/mol. The molecule has 2 N–H and O–H groups in total. The topological polar surface area (TPSA) is 62.0 Å². The molecule has 2 saturated heterocycles.